The molecule has 0 aliphatic carbocycles. The van der Waals surface area contributed by atoms with E-state index in [4.69, 9.17) is 5.73 Å². The lowest BCUT2D eigenvalue weighted by Gasteiger charge is -2.17. The summed E-state index contributed by atoms with van der Waals surface area (Å²) in [5.74, 6) is -0.277. The minimum Gasteiger partial charge on any atom is -0.506 e. The molecular weight excluding hydrogens is 294 g/mol. The van der Waals surface area contributed by atoms with Crippen LogP contribution in [0, 0.1) is 5.92 Å². The first-order valence-electron chi connectivity index (χ1n) is 6.46. The molecule has 0 saturated heterocycles. The third kappa shape index (κ3) is 4.61. The second kappa shape index (κ2) is 6.77. The highest BCUT2D eigenvalue weighted by Crippen LogP contribution is 2.24. The quantitative estimate of drug-likeness (QED) is 0.518. The van der Waals surface area contributed by atoms with Crippen LogP contribution in [0.2, 0.25) is 0 Å². The molecule has 0 saturated carbocycles. The molecule has 0 bridgehead atoms. The van der Waals surface area contributed by atoms with Crippen LogP contribution in [0.4, 0.5) is 5.69 Å². The number of nitrogens with two attached hydrogens (primary N) is 1. The number of hydrogen-bond acceptors (Lipinski definition) is 5. The van der Waals surface area contributed by atoms with E-state index in [1.165, 1.54) is 19.2 Å². The minimum atomic E-state index is -3.83. The predicted molar refractivity (Wildman–Crippen MR) is 80.2 cm³/mol. The summed E-state index contributed by atoms with van der Waals surface area (Å²) >= 11 is 0. The first-order chi connectivity index (χ1) is 9.64. The molecule has 0 fully saturated rings. The molecule has 1 rings (SSSR count). The number of carbonyl (C=O) groups excluding carboxylic acids is 1. The molecule has 118 valence electrons. The van der Waals surface area contributed by atoms with E-state index in [0.717, 1.165) is 10.4 Å². The Morgan fingerprint density at radius 3 is 2.57 bits per heavy atom. The Labute approximate surface area is 124 Å². The zero-order chi connectivity index (χ0) is 16.2. The third-order valence-corrected chi connectivity index (χ3v) is 4.58. The van der Waals surface area contributed by atoms with Crippen LogP contribution in [0.15, 0.2) is 23.1 Å². The SMILES string of the molecule is CC(C)CNC(=O)CN(C)S(=O)(=O)c1ccc(O)c(N)c1. The van der Waals surface area contributed by atoms with Gasteiger partial charge in [-0.3, -0.25) is 4.79 Å². The van der Waals surface area contributed by atoms with Gasteiger partial charge in [-0.1, -0.05) is 13.8 Å². The van der Waals surface area contributed by atoms with Gasteiger partial charge in [0.15, 0.2) is 0 Å². The van der Waals surface area contributed by atoms with Crippen molar-refractivity contribution in [3.05, 3.63) is 18.2 Å². The van der Waals surface area contributed by atoms with Gasteiger partial charge in [-0.05, 0) is 24.1 Å². The average molecular weight is 315 g/mol. The Hall–Kier alpha value is -1.80. The molecule has 0 aromatic heterocycles. The first kappa shape index (κ1) is 17.3. The summed E-state index contributed by atoms with van der Waals surface area (Å²) in [7, 11) is -2.52. The van der Waals surface area contributed by atoms with Crippen LogP contribution in [-0.4, -0.2) is 43.9 Å². The number of benzene rings is 1. The van der Waals surface area contributed by atoms with Crippen LogP contribution in [0.1, 0.15) is 13.8 Å². The molecule has 0 atom stereocenters. The van der Waals surface area contributed by atoms with Gasteiger partial charge in [-0.25, -0.2) is 8.42 Å². The Kier molecular flexibility index (Phi) is 5.56. The zero-order valence-corrected chi connectivity index (χ0v) is 13.1. The van der Waals surface area contributed by atoms with E-state index in [1.54, 1.807) is 0 Å². The largest absolute Gasteiger partial charge is 0.506 e. The molecule has 0 aliphatic heterocycles. The summed E-state index contributed by atoms with van der Waals surface area (Å²) in [6, 6.07) is 3.60. The van der Waals surface area contributed by atoms with E-state index in [2.05, 4.69) is 5.32 Å². The van der Waals surface area contributed by atoms with Crippen molar-refractivity contribution in [1.82, 2.24) is 9.62 Å². The van der Waals surface area contributed by atoms with E-state index < -0.39 is 10.0 Å². The van der Waals surface area contributed by atoms with Crippen molar-refractivity contribution in [2.24, 2.45) is 5.92 Å². The van der Waals surface area contributed by atoms with Crippen molar-refractivity contribution >= 4 is 21.6 Å². The summed E-state index contributed by atoms with van der Waals surface area (Å²) in [4.78, 5) is 11.6. The number of amides is 1. The van der Waals surface area contributed by atoms with Crippen LogP contribution >= 0.6 is 0 Å². The van der Waals surface area contributed by atoms with Crippen molar-refractivity contribution in [2.75, 3.05) is 25.9 Å². The van der Waals surface area contributed by atoms with Gasteiger partial charge in [0.25, 0.3) is 0 Å². The monoisotopic (exact) mass is 315 g/mol. The molecule has 0 aliphatic rings. The summed E-state index contributed by atoms with van der Waals surface area (Å²) in [5, 5.41) is 12.0. The van der Waals surface area contributed by atoms with E-state index in [9.17, 15) is 18.3 Å². The van der Waals surface area contributed by atoms with Gasteiger partial charge >= 0.3 is 0 Å². The summed E-state index contributed by atoms with van der Waals surface area (Å²) in [5.41, 5.74) is 5.45. The number of anilines is 1. The number of phenolic OH excluding ortho intramolecular Hbond substituents is 1. The smallest absolute Gasteiger partial charge is 0.243 e. The van der Waals surface area contributed by atoms with Crippen LogP contribution in [0.5, 0.6) is 5.75 Å². The van der Waals surface area contributed by atoms with Gasteiger partial charge in [0.1, 0.15) is 5.75 Å². The fourth-order valence-electron chi connectivity index (χ4n) is 1.53. The maximum Gasteiger partial charge on any atom is 0.243 e. The van der Waals surface area contributed by atoms with Gasteiger partial charge < -0.3 is 16.2 Å². The first-order valence-corrected chi connectivity index (χ1v) is 7.90. The highest BCUT2D eigenvalue weighted by Gasteiger charge is 2.23. The Morgan fingerprint density at radius 2 is 2.05 bits per heavy atom. The minimum absolute atomic E-state index is 0.0336. The normalized spacial score (nSPS) is 11.9. The van der Waals surface area contributed by atoms with Crippen molar-refractivity contribution in [3.63, 3.8) is 0 Å². The fourth-order valence-corrected chi connectivity index (χ4v) is 2.70. The van der Waals surface area contributed by atoms with Crippen LogP contribution in [0.3, 0.4) is 0 Å². The van der Waals surface area contributed by atoms with Gasteiger partial charge in [-0.15, -0.1) is 0 Å². The van der Waals surface area contributed by atoms with E-state index in [0.29, 0.717) is 6.54 Å². The van der Waals surface area contributed by atoms with E-state index in [-0.39, 0.29) is 34.7 Å². The van der Waals surface area contributed by atoms with E-state index >= 15 is 0 Å². The molecule has 7 nitrogen and oxygen atoms in total. The van der Waals surface area contributed by atoms with Crippen LogP contribution in [-0.2, 0) is 14.8 Å². The number of nitrogens with zero attached hydrogens (tertiary/aromatic N) is 1. The number of rotatable bonds is 6. The number of nitrogens with one attached hydrogen (secondary N) is 1. The molecule has 1 aromatic carbocycles. The molecule has 1 amide bonds. The highest BCUT2D eigenvalue weighted by atomic mass is 32.2. The maximum atomic E-state index is 12.3. The highest BCUT2D eigenvalue weighted by molar-refractivity contribution is 7.89. The number of phenols is 1. The Bertz CT molecular complexity index is 614. The van der Waals surface area contributed by atoms with Gasteiger partial charge in [0.2, 0.25) is 15.9 Å². The standard InChI is InChI=1S/C13H21N3O4S/c1-9(2)7-15-13(18)8-16(3)21(19,20)10-4-5-12(17)11(14)6-10/h4-6,9,17H,7-8,14H2,1-3H3,(H,15,18). The van der Waals surface area contributed by atoms with Crippen molar-refractivity contribution in [3.8, 4) is 5.75 Å². The average Bonchev–Trinajstić information content (AvgIpc) is 2.39. The third-order valence-electron chi connectivity index (χ3n) is 2.78. The molecule has 21 heavy (non-hydrogen) atoms. The fraction of sp³-hybridized carbons (Fsp3) is 0.462. The van der Waals surface area contributed by atoms with Gasteiger partial charge in [0.05, 0.1) is 17.1 Å². The van der Waals surface area contributed by atoms with Crippen molar-refractivity contribution in [2.45, 2.75) is 18.7 Å². The number of likely N-dealkylation sites (N-methyl/N-ethyl adjacent to an activating group) is 1. The lowest BCUT2D eigenvalue weighted by atomic mass is 10.2. The van der Waals surface area contributed by atoms with E-state index in [1.807, 2.05) is 13.8 Å². The van der Waals surface area contributed by atoms with Gasteiger partial charge in [-0.2, -0.15) is 4.31 Å². The maximum absolute atomic E-state index is 12.3. The zero-order valence-electron chi connectivity index (χ0n) is 12.3. The predicted octanol–water partition coefficient (Wildman–Crippen LogP) is 0.367. The van der Waals surface area contributed by atoms with Crippen LogP contribution in [0.25, 0.3) is 0 Å². The Morgan fingerprint density at radius 1 is 1.43 bits per heavy atom. The molecule has 0 heterocycles. The summed E-state index contributed by atoms with van der Waals surface area (Å²) in [6.07, 6.45) is 0. The number of aromatic hydroxyl groups is 1. The molecule has 0 radical (unpaired) electrons. The second-order valence-electron chi connectivity index (χ2n) is 5.18. The summed E-state index contributed by atoms with van der Waals surface area (Å²) < 4.78 is 25.5. The van der Waals surface area contributed by atoms with Gasteiger partial charge in [0, 0.05) is 13.6 Å². The second-order valence-corrected chi connectivity index (χ2v) is 7.22. The molecule has 0 spiro atoms. The van der Waals surface area contributed by atoms with Crippen molar-refractivity contribution < 1.29 is 18.3 Å². The van der Waals surface area contributed by atoms with Crippen molar-refractivity contribution in [1.29, 1.82) is 0 Å². The molecular formula is C13H21N3O4S. The number of sulfonamides is 1. The summed E-state index contributed by atoms with van der Waals surface area (Å²) in [6.45, 7) is 4.09. The topological polar surface area (TPSA) is 113 Å². The number of hydrogen-bond donors (Lipinski definition) is 3. The number of nitrogen functional groups attached to an aromatic ring is 1. The van der Waals surface area contributed by atoms with Crippen LogP contribution < -0.4 is 11.1 Å². The molecule has 4 N–H and O–H groups in total. The molecule has 8 heteroatoms. The Balaban J connectivity index is 2.82. The number of carbonyl (C=O) groups is 1. The molecule has 1 aromatic rings. The molecule has 0 unspecified atom stereocenters. The lowest BCUT2D eigenvalue weighted by Crippen LogP contribution is -2.39. The lowest BCUT2D eigenvalue weighted by molar-refractivity contribution is -0.121.